The normalized spacial score (nSPS) is 11.3. The molecule has 2 heteroatoms. The maximum absolute atomic E-state index is 11.3. The maximum atomic E-state index is 11.3. The van der Waals surface area contributed by atoms with Gasteiger partial charge in [0.25, 0.3) is 0 Å². The molecule has 0 aliphatic carbocycles. The Kier molecular flexibility index (Phi) is 3.43. The van der Waals surface area contributed by atoms with Crippen LogP contribution in [0.4, 0.5) is 0 Å². The fourth-order valence-corrected chi connectivity index (χ4v) is 0.736. The largest absolute Gasteiger partial charge is 0.299 e. The Morgan fingerprint density at radius 3 is 2.00 bits per heavy atom. The highest BCUT2D eigenvalue weighted by molar-refractivity contribution is 6.05. The monoisotopic (exact) mass is 156 g/mol. The zero-order valence-corrected chi connectivity index (χ0v) is 7.73. The molecular weight excluding hydrogens is 140 g/mol. The quantitative estimate of drug-likeness (QED) is 0.583. The van der Waals surface area contributed by atoms with E-state index in [-0.39, 0.29) is 11.6 Å². The molecule has 0 heterocycles. The summed E-state index contributed by atoms with van der Waals surface area (Å²) in [6.45, 7) is 6.78. The van der Waals surface area contributed by atoms with E-state index in [0.29, 0.717) is 6.42 Å². The number of hydrogen-bond donors (Lipinski definition) is 0. The first-order valence-electron chi connectivity index (χ1n) is 3.97. The summed E-state index contributed by atoms with van der Waals surface area (Å²) in [6, 6.07) is 0. The number of ketones is 2. The lowest BCUT2D eigenvalue weighted by Gasteiger charge is -2.18. The van der Waals surface area contributed by atoms with Gasteiger partial charge in [0.05, 0.1) is 5.41 Å². The summed E-state index contributed by atoms with van der Waals surface area (Å²) < 4.78 is 0. The van der Waals surface area contributed by atoms with E-state index in [2.05, 4.69) is 0 Å². The Balaban J connectivity index is 4.30. The summed E-state index contributed by atoms with van der Waals surface area (Å²) in [5.41, 5.74) is -0.768. The summed E-state index contributed by atoms with van der Waals surface area (Å²) in [7, 11) is 0. The Hall–Kier alpha value is -0.660. The Bertz CT molecular complexity index is 168. The van der Waals surface area contributed by atoms with Crippen molar-refractivity contribution in [3.05, 3.63) is 0 Å². The molecule has 0 radical (unpaired) electrons. The van der Waals surface area contributed by atoms with Crippen LogP contribution < -0.4 is 0 Å². The molecule has 0 unspecified atom stereocenters. The fourth-order valence-electron chi connectivity index (χ4n) is 0.736. The molecule has 0 aromatic carbocycles. The Labute approximate surface area is 68.0 Å². The van der Waals surface area contributed by atoms with Crippen molar-refractivity contribution in [2.24, 2.45) is 5.41 Å². The molecule has 0 saturated heterocycles. The Morgan fingerprint density at radius 2 is 1.73 bits per heavy atom. The molecule has 2 nitrogen and oxygen atoms in total. The zero-order valence-electron chi connectivity index (χ0n) is 7.73. The van der Waals surface area contributed by atoms with Gasteiger partial charge < -0.3 is 0 Å². The SMILES string of the molecule is CCCC(=O)C(C)(C)C(C)=O. The molecule has 0 aromatic heterocycles. The van der Waals surface area contributed by atoms with Gasteiger partial charge >= 0.3 is 0 Å². The second kappa shape index (κ2) is 3.65. The van der Waals surface area contributed by atoms with Gasteiger partial charge in [-0.2, -0.15) is 0 Å². The van der Waals surface area contributed by atoms with E-state index < -0.39 is 5.41 Å². The van der Waals surface area contributed by atoms with Crippen LogP contribution in [0.3, 0.4) is 0 Å². The van der Waals surface area contributed by atoms with Crippen molar-refractivity contribution in [1.82, 2.24) is 0 Å². The maximum Gasteiger partial charge on any atom is 0.145 e. The van der Waals surface area contributed by atoms with Crippen molar-refractivity contribution in [3.8, 4) is 0 Å². The summed E-state index contributed by atoms with van der Waals surface area (Å²) in [6.07, 6.45) is 1.32. The van der Waals surface area contributed by atoms with Gasteiger partial charge in [0.15, 0.2) is 0 Å². The van der Waals surface area contributed by atoms with Crippen LogP contribution in [0.2, 0.25) is 0 Å². The van der Waals surface area contributed by atoms with Crippen molar-refractivity contribution < 1.29 is 9.59 Å². The highest BCUT2D eigenvalue weighted by atomic mass is 16.2. The van der Waals surface area contributed by atoms with Crippen molar-refractivity contribution >= 4 is 11.6 Å². The van der Waals surface area contributed by atoms with Gasteiger partial charge in [0.2, 0.25) is 0 Å². The second-order valence-electron chi connectivity index (χ2n) is 3.35. The van der Waals surface area contributed by atoms with Gasteiger partial charge in [-0.3, -0.25) is 9.59 Å². The summed E-state index contributed by atoms with van der Waals surface area (Å²) in [5.74, 6) is 0.00319. The first-order chi connectivity index (χ1) is 4.92. The predicted octanol–water partition coefficient (Wildman–Crippen LogP) is 1.97. The lowest BCUT2D eigenvalue weighted by molar-refractivity contribution is -0.137. The average Bonchev–Trinajstić information content (AvgIpc) is 1.88. The Morgan fingerprint density at radius 1 is 1.27 bits per heavy atom. The van der Waals surface area contributed by atoms with Crippen LogP contribution in [-0.4, -0.2) is 11.6 Å². The van der Waals surface area contributed by atoms with E-state index in [1.54, 1.807) is 13.8 Å². The highest BCUT2D eigenvalue weighted by Gasteiger charge is 2.31. The minimum absolute atomic E-state index is 0.0454. The van der Waals surface area contributed by atoms with Crippen LogP contribution in [0.25, 0.3) is 0 Å². The third kappa shape index (κ3) is 2.45. The van der Waals surface area contributed by atoms with Gasteiger partial charge in [0, 0.05) is 6.42 Å². The van der Waals surface area contributed by atoms with E-state index in [9.17, 15) is 9.59 Å². The number of Topliss-reactive ketones (excluding diaryl/α,β-unsaturated/α-hetero) is 2. The first kappa shape index (κ1) is 10.3. The van der Waals surface area contributed by atoms with Crippen molar-refractivity contribution in [2.45, 2.75) is 40.5 Å². The fraction of sp³-hybridized carbons (Fsp3) is 0.778. The summed E-state index contributed by atoms with van der Waals surface area (Å²) >= 11 is 0. The predicted molar refractivity (Wildman–Crippen MR) is 44.4 cm³/mol. The molecule has 0 aliphatic rings. The van der Waals surface area contributed by atoms with Crippen molar-refractivity contribution in [2.75, 3.05) is 0 Å². The molecule has 0 saturated carbocycles. The van der Waals surface area contributed by atoms with E-state index in [1.165, 1.54) is 6.92 Å². The third-order valence-corrected chi connectivity index (χ3v) is 2.05. The second-order valence-corrected chi connectivity index (χ2v) is 3.35. The van der Waals surface area contributed by atoms with Gasteiger partial charge in [-0.25, -0.2) is 0 Å². The molecule has 0 aromatic rings. The summed E-state index contributed by atoms with van der Waals surface area (Å²) in [4.78, 5) is 22.2. The van der Waals surface area contributed by atoms with Gasteiger partial charge in [-0.1, -0.05) is 6.92 Å². The molecule has 0 atom stereocenters. The van der Waals surface area contributed by atoms with Crippen LogP contribution in [0.1, 0.15) is 40.5 Å². The standard InChI is InChI=1S/C9H16O2/c1-5-6-8(11)9(3,4)7(2)10/h5-6H2,1-4H3. The minimum Gasteiger partial charge on any atom is -0.299 e. The van der Waals surface area contributed by atoms with Gasteiger partial charge in [-0.05, 0) is 27.2 Å². The number of hydrogen-bond acceptors (Lipinski definition) is 2. The smallest absolute Gasteiger partial charge is 0.145 e. The molecule has 0 rings (SSSR count). The summed E-state index contributed by atoms with van der Waals surface area (Å²) in [5, 5.41) is 0. The van der Waals surface area contributed by atoms with Crippen LogP contribution in [0.5, 0.6) is 0 Å². The van der Waals surface area contributed by atoms with Crippen molar-refractivity contribution in [3.63, 3.8) is 0 Å². The van der Waals surface area contributed by atoms with Crippen molar-refractivity contribution in [1.29, 1.82) is 0 Å². The van der Waals surface area contributed by atoms with E-state index in [0.717, 1.165) is 6.42 Å². The molecule has 0 fully saturated rings. The molecule has 0 amide bonds. The lowest BCUT2D eigenvalue weighted by atomic mass is 9.82. The topological polar surface area (TPSA) is 34.1 Å². The molecule has 0 bridgehead atoms. The molecule has 0 N–H and O–H groups in total. The van der Waals surface area contributed by atoms with E-state index in [4.69, 9.17) is 0 Å². The van der Waals surface area contributed by atoms with Crippen LogP contribution in [0, 0.1) is 5.41 Å². The highest BCUT2D eigenvalue weighted by Crippen LogP contribution is 2.20. The number of rotatable bonds is 4. The van der Waals surface area contributed by atoms with Crippen LogP contribution in [-0.2, 0) is 9.59 Å². The minimum atomic E-state index is -0.768. The number of carbonyl (C=O) groups excluding carboxylic acids is 2. The van der Waals surface area contributed by atoms with Crippen LogP contribution in [0.15, 0.2) is 0 Å². The lowest BCUT2D eigenvalue weighted by Crippen LogP contribution is -2.31. The molecular formula is C9H16O2. The van der Waals surface area contributed by atoms with Crippen LogP contribution >= 0.6 is 0 Å². The van der Waals surface area contributed by atoms with E-state index >= 15 is 0 Å². The van der Waals surface area contributed by atoms with Gasteiger partial charge in [-0.15, -0.1) is 0 Å². The zero-order chi connectivity index (χ0) is 9.07. The molecule has 0 spiro atoms. The van der Waals surface area contributed by atoms with E-state index in [1.807, 2.05) is 6.92 Å². The molecule has 11 heavy (non-hydrogen) atoms. The van der Waals surface area contributed by atoms with Gasteiger partial charge in [0.1, 0.15) is 11.6 Å². The molecule has 0 aliphatic heterocycles. The third-order valence-electron chi connectivity index (χ3n) is 2.05. The molecule has 64 valence electrons. The number of carbonyl (C=O) groups is 2. The average molecular weight is 156 g/mol. The first-order valence-corrected chi connectivity index (χ1v) is 3.97.